The molecule has 12 heteroatoms. The number of ketones is 1. The lowest BCUT2D eigenvalue weighted by molar-refractivity contribution is -0.274. The molecule has 0 fully saturated rings. The van der Waals surface area contributed by atoms with Gasteiger partial charge in [-0.2, -0.15) is 0 Å². The molecule has 4 aromatic rings. The number of halogens is 3. The third-order valence-electron chi connectivity index (χ3n) is 5.10. The zero-order valence-electron chi connectivity index (χ0n) is 18.4. The van der Waals surface area contributed by atoms with Crippen LogP contribution in [0.2, 0.25) is 0 Å². The summed E-state index contributed by atoms with van der Waals surface area (Å²) in [6.45, 7) is 1.62. The summed E-state index contributed by atoms with van der Waals surface area (Å²) < 4.78 is 49.1. The van der Waals surface area contributed by atoms with Gasteiger partial charge in [0.05, 0.1) is 40.0 Å². The average molecular weight is 494 g/mol. The molecule has 1 atom stereocenters. The van der Waals surface area contributed by atoms with Gasteiger partial charge in [-0.05, 0) is 31.5 Å². The number of aryl methyl sites for hydroxylation is 1. The highest BCUT2D eigenvalue weighted by atomic mass is 32.1. The van der Waals surface area contributed by atoms with Crippen LogP contribution in [0.25, 0.3) is 21.3 Å². The van der Waals surface area contributed by atoms with E-state index >= 15 is 0 Å². The lowest BCUT2D eigenvalue weighted by Gasteiger charge is -2.09. The third-order valence-corrected chi connectivity index (χ3v) is 6.04. The van der Waals surface area contributed by atoms with Crippen molar-refractivity contribution in [2.24, 2.45) is 7.05 Å². The van der Waals surface area contributed by atoms with Crippen LogP contribution in [0.15, 0.2) is 30.3 Å². The van der Waals surface area contributed by atoms with Crippen LogP contribution < -0.4 is 14.8 Å². The van der Waals surface area contributed by atoms with Crippen molar-refractivity contribution < 1.29 is 32.5 Å². The van der Waals surface area contributed by atoms with Gasteiger partial charge in [-0.15, -0.1) is 13.2 Å². The van der Waals surface area contributed by atoms with Crippen LogP contribution in [-0.4, -0.2) is 45.0 Å². The lowest BCUT2D eigenvalue weighted by Crippen LogP contribution is -2.16. The molecule has 8 nitrogen and oxygen atoms in total. The van der Waals surface area contributed by atoms with Gasteiger partial charge in [0.15, 0.2) is 10.9 Å². The quantitative estimate of drug-likeness (QED) is 0.326. The Kier molecular flexibility index (Phi) is 6.36. The monoisotopic (exact) mass is 494 g/mol. The second-order valence-corrected chi connectivity index (χ2v) is 8.70. The van der Waals surface area contributed by atoms with Crippen molar-refractivity contribution in [2.75, 3.05) is 12.4 Å². The second-order valence-electron chi connectivity index (χ2n) is 7.67. The predicted molar refractivity (Wildman–Crippen MR) is 122 cm³/mol. The van der Waals surface area contributed by atoms with Crippen LogP contribution in [-0.2, 0) is 7.05 Å². The Morgan fingerprint density at radius 1 is 1.24 bits per heavy atom. The number of fused-ring (bicyclic) bond motifs is 2. The molecule has 180 valence electrons. The number of methoxy groups -OCH3 is 1. The number of ether oxygens (including phenoxy) is 2. The van der Waals surface area contributed by atoms with E-state index in [0.717, 1.165) is 11.3 Å². The van der Waals surface area contributed by atoms with Crippen LogP contribution in [0.1, 0.15) is 30.1 Å². The van der Waals surface area contributed by atoms with Crippen molar-refractivity contribution in [3.05, 3.63) is 35.9 Å². The molecule has 0 radical (unpaired) electrons. The maximum atomic E-state index is 12.6. The van der Waals surface area contributed by atoms with E-state index < -0.39 is 12.5 Å². The van der Waals surface area contributed by atoms with Crippen LogP contribution in [0.4, 0.5) is 24.3 Å². The highest BCUT2D eigenvalue weighted by molar-refractivity contribution is 7.22. The zero-order valence-corrected chi connectivity index (χ0v) is 19.3. The number of hydrogen-bond donors (Lipinski definition) is 2. The summed E-state index contributed by atoms with van der Waals surface area (Å²) in [5, 5.41) is 13.0. The molecule has 0 aliphatic carbocycles. The number of rotatable bonds is 8. The van der Waals surface area contributed by atoms with Crippen molar-refractivity contribution in [3.8, 4) is 11.5 Å². The van der Waals surface area contributed by atoms with Gasteiger partial charge in [-0.25, -0.2) is 9.97 Å². The number of aromatic nitrogens is 3. The SMILES string of the molecule is COc1cc2c(cc1C(=O)CCC(C)O)nc(Nc1nc3ccc(OC(F)(F)F)cc3s1)n2C. The minimum absolute atomic E-state index is 0.164. The molecule has 0 amide bonds. The molecule has 0 aliphatic rings. The Morgan fingerprint density at radius 2 is 2.00 bits per heavy atom. The smallest absolute Gasteiger partial charge is 0.496 e. The number of anilines is 2. The Labute approximate surface area is 195 Å². The van der Waals surface area contributed by atoms with E-state index in [0.29, 0.717) is 50.1 Å². The minimum Gasteiger partial charge on any atom is -0.496 e. The van der Waals surface area contributed by atoms with Crippen LogP contribution >= 0.6 is 11.3 Å². The molecule has 0 saturated carbocycles. The van der Waals surface area contributed by atoms with E-state index in [1.165, 1.54) is 25.3 Å². The number of hydrogen-bond acceptors (Lipinski definition) is 8. The molecule has 0 saturated heterocycles. The standard InChI is InChI=1S/C22H21F3N4O4S/c1-11(30)4-7-17(31)13-9-15-16(10-18(13)32-3)29(2)20(26-15)28-21-27-14-6-5-12(8-19(14)34-21)33-22(23,24)25/h5-6,8-11,30H,4,7H2,1-3H3,(H,26,27,28). The molecule has 0 aliphatic heterocycles. The summed E-state index contributed by atoms with van der Waals surface area (Å²) >= 11 is 1.15. The first-order valence-electron chi connectivity index (χ1n) is 10.2. The maximum absolute atomic E-state index is 12.6. The van der Waals surface area contributed by atoms with Gasteiger partial charge in [0.1, 0.15) is 11.5 Å². The summed E-state index contributed by atoms with van der Waals surface area (Å²) in [7, 11) is 3.24. The number of aliphatic hydroxyl groups is 1. The van der Waals surface area contributed by atoms with Gasteiger partial charge in [-0.1, -0.05) is 11.3 Å². The Balaban J connectivity index is 1.63. The number of nitrogens with zero attached hydrogens (tertiary/aromatic N) is 3. The number of aliphatic hydroxyl groups excluding tert-OH is 1. The summed E-state index contributed by atoms with van der Waals surface area (Å²) in [4.78, 5) is 21.6. The first-order valence-corrected chi connectivity index (χ1v) is 11.0. The largest absolute Gasteiger partial charge is 0.573 e. The summed E-state index contributed by atoms with van der Waals surface area (Å²) in [5.41, 5.74) is 2.13. The topological polar surface area (TPSA) is 98.5 Å². The van der Waals surface area contributed by atoms with Gasteiger partial charge in [0.25, 0.3) is 0 Å². The van der Waals surface area contributed by atoms with E-state index in [2.05, 4.69) is 20.0 Å². The summed E-state index contributed by atoms with van der Waals surface area (Å²) in [5.74, 6) is 0.340. The van der Waals surface area contributed by atoms with Gasteiger partial charge in [-0.3, -0.25) is 4.79 Å². The zero-order chi connectivity index (χ0) is 24.6. The van der Waals surface area contributed by atoms with E-state index in [1.54, 1.807) is 30.7 Å². The highest BCUT2D eigenvalue weighted by Crippen LogP contribution is 2.34. The van der Waals surface area contributed by atoms with Gasteiger partial charge >= 0.3 is 6.36 Å². The van der Waals surface area contributed by atoms with E-state index in [1.807, 2.05) is 0 Å². The van der Waals surface area contributed by atoms with Crippen LogP contribution in [0.3, 0.4) is 0 Å². The van der Waals surface area contributed by atoms with E-state index in [9.17, 15) is 23.1 Å². The fourth-order valence-electron chi connectivity index (χ4n) is 3.44. The molecular formula is C22H21F3N4O4S. The highest BCUT2D eigenvalue weighted by Gasteiger charge is 2.31. The minimum atomic E-state index is -4.77. The Bertz CT molecular complexity index is 1360. The van der Waals surface area contributed by atoms with Gasteiger partial charge in [0, 0.05) is 25.6 Å². The number of imidazole rings is 1. The number of carbonyl (C=O) groups excluding carboxylic acids is 1. The van der Waals surface area contributed by atoms with Crippen molar-refractivity contribution in [1.82, 2.24) is 14.5 Å². The van der Waals surface area contributed by atoms with Crippen LogP contribution in [0.5, 0.6) is 11.5 Å². The molecule has 0 bridgehead atoms. The van der Waals surface area contributed by atoms with Crippen LogP contribution in [0, 0.1) is 0 Å². The summed E-state index contributed by atoms with van der Waals surface area (Å²) in [6.07, 6.45) is -4.86. The molecule has 1 unspecified atom stereocenters. The van der Waals surface area contributed by atoms with Crippen molar-refractivity contribution in [1.29, 1.82) is 0 Å². The maximum Gasteiger partial charge on any atom is 0.573 e. The van der Waals surface area contributed by atoms with Crippen molar-refractivity contribution in [3.63, 3.8) is 0 Å². The second kappa shape index (κ2) is 9.11. The number of benzene rings is 2. The van der Waals surface area contributed by atoms with E-state index in [4.69, 9.17) is 4.74 Å². The molecule has 34 heavy (non-hydrogen) atoms. The Morgan fingerprint density at radius 3 is 2.68 bits per heavy atom. The predicted octanol–water partition coefficient (Wildman–Crippen LogP) is 5.18. The first-order chi connectivity index (χ1) is 16.0. The number of Topliss-reactive ketones (excluding diaryl/α,β-unsaturated/α-hetero) is 1. The molecule has 2 aromatic carbocycles. The molecular weight excluding hydrogens is 473 g/mol. The normalized spacial score (nSPS) is 12.8. The fourth-order valence-corrected chi connectivity index (χ4v) is 4.33. The fraction of sp³-hybridized carbons (Fsp3) is 0.318. The number of thiazole rings is 1. The van der Waals surface area contributed by atoms with Crippen molar-refractivity contribution >= 4 is 49.4 Å². The van der Waals surface area contributed by atoms with Gasteiger partial charge < -0.3 is 24.5 Å². The molecule has 4 rings (SSSR count). The first kappa shape index (κ1) is 23.8. The molecule has 2 aromatic heterocycles. The number of nitrogens with one attached hydrogen (secondary N) is 1. The number of alkyl halides is 3. The van der Waals surface area contributed by atoms with Crippen molar-refractivity contribution in [2.45, 2.75) is 32.2 Å². The summed E-state index contributed by atoms with van der Waals surface area (Å²) in [6, 6.07) is 7.28. The van der Waals surface area contributed by atoms with Gasteiger partial charge in [0.2, 0.25) is 5.95 Å². The average Bonchev–Trinajstić information content (AvgIpc) is 3.29. The number of carbonyl (C=O) groups is 1. The lowest BCUT2D eigenvalue weighted by atomic mass is 10.0. The Hall–Kier alpha value is -3.38. The molecule has 0 spiro atoms. The molecule has 2 N–H and O–H groups in total. The third kappa shape index (κ3) is 5.07. The van der Waals surface area contributed by atoms with E-state index in [-0.39, 0.29) is 18.0 Å². The molecule has 2 heterocycles.